The first-order valence-electron chi connectivity index (χ1n) is 5.08. The van der Waals surface area contributed by atoms with E-state index in [9.17, 15) is 18.4 Å². The molecule has 0 aromatic heterocycles. The standard InChI is InChI=1S/C11H8BrF2NO3/c12-6-2-9(8(14)3-7(6)13)15-10(16)4-1-5(4)11(17)18/h2-5H,1H2,(H,15,16)(H,17,18). The molecule has 1 aromatic carbocycles. The third-order valence-electron chi connectivity index (χ3n) is 2.71. The summed E-state index contributed by atoms with van der Waals surface area (Å²) in [4.78, 5) is 22.2. The van der Waals surface area contributed by atoms with Gasteiger partial charge in [-0.25, -0.2) is 8.78 Å². The molecule has 18 heavy (non-hydrogen) atoms. The Hall–Kier alpha value is -1.50. The lowest BCUT2D eigenvalue weighted by atomic mass is 10.2. The van der Waals surface area contributed by atoms with Crippen molar-refractivity contribution in [2.45, 2.75) is 6.42 Å². The summed E-state index contributed by atoms with van der Waals surface area (Å²) in [5, 5.41) is 10.9. The molecule has 2 atom stereocenters. The van der Waals surface area contributed by atoms with Gasteiger partial charge in [0, 0.05) is 6.07 Å². The van der Waals surface area contributed by atoms with E-state index in [2.05, 4.69) is 21.2 Å². The fourth-order valence-electron chi connectivity index (χ4n) is 1.60. The van der Waals surface area contributed by atoms with Crippen LogP contribution < -0.4 is 5.32 Å². The Bertz CT molecular complexity index is 535. The number of halogens is 3. The molecule has 1 amide bonds. The summed E-state index contributed by atoms with van der Waals surface area (Å²) in [6.45, 7) is 0. The van der Waals surface area contributed by atoms with Crippen molar-refractivity contribution in [3.05, 3.63) is 28.2 Å². The van der Waals surface area contributed by atoms with Crippen LogP contribution in [0.3, 0.4) is 0 Å². The molecular formula is C11H8BrF2NO3. The molecule has 4 nitrogen and oxygen atoms in total. The Morgan fingerprint density at radius 3 is 2.50 bits per heavy atom. The predicted octanol–water partition coefficient (Wildman–Crippen LogP) is 2.39. The average molecular weight is 320 g/mol. The lowest BCUT2D eigenvalue weighted by molar-refractivity contribution is -0.139. The molecule has 1 fully saturated rings. The van der Waals surface area contributed by atoms with Crippen LogP contribution in [0.2, 0.25) is 0 Å². The number of hydrogen-bond acceptors (Lipinski definition) is 2. The minimum Gasteiger partial charge on any atom is -0.481 e. The summed E-state index contributed by atoms with van der Waals surface area (Å²) in [6.07, 6.45) is 0.241. The topological polar surface area (TPSA) is 66.4 Å². The highest BCUT2D eigenvalue weighted by Crippen LogP contribution is 2.39. The van der Waals surface area contributed by atoms with Gasteiger partial charge in [0.15, 0.2) is 0 Å². The van der Waals surface area contributed by atoms with Crippen molar-refractivity contribution in [3.8, 4) is 0 Å². The number of hydrogen-bond donors (Lipinski definition) is 2. The number of carboxylic acids is 1. The number of carbonyl (C=O) groups is 2. The van der Waals surface area contributed by atoms with Crippen LogP contribution in [0.5, 0.6) is 0 Å². The number of carbonyl (C=O) groups excluding carboxylic acids is 1. The van der Waals surface area contributed by atoms with Crippen LogP contribution >= 0.6 is 15.9 Å². The third kappa shape index (κ3) is 2.50. The van der Waals surface area contributed by atoms with E-state index in [4.69, 9.17) is 5.11 Å². The van der Waals surface area contributed by atoms with Gasteiger partial charge in [-0.15, -0.1) is 0 Å². The summed E-state index contributed by atoms with van der Waals surface area (Å²) in [7, 11) is 0. The second-order valence-electron chi connectivity index (χ2n) is 4.02. The molecule has 2 rings (SSSR count). The SMILES string of the molecule is O=C(O)C1CC1C(=O)Nc1cc(Br)c(F)cc1F. The molecule has 0 spiro atoms. The Morgan fingerprint density at radius 1 is 1.28 bits per heavy atom. The van der Waals surface area contributed by atoms with Crippen molar-refractivity contribution in [2.24, 2.45) is 11.8 Å². The molecular weight excluding hydrogens is 312 g/mol. The Kier molecular flexibility index (Phi) is 3.34. The van der Waals surface area contributed by atoms with Gasteiger partial charge in [-0.05, 0) is 28.4 Å². The summed E-state index contributed by atoms with van der Waals surface area (Å²) < 4.78 is 26.3. The summed E-state index contributed by atoms with van der Waals surface area (Å²) >= 11 is 2.87. The number of carboxylic acid groups (broad SMARTS) is 1. The number of rotatable bonds is 3. The maximum Gasteiger partial charge on any atom is 0.307 e. The van der Waals surface area contributed by atoms with Gasteiger partial charge < -0.3 is 10.4 Å². The predicted molar refractivity (Wildman–Crippen MR) is 61.9 cm³/mol. The largest absolute Gasteiger partial charge is 0.481 e. The van der Waals surface area contributed by atoms with E-state index in [1.54, 1.807) is 0 Å². The molecule has 1 aromatic rings. The second kappa shape index (κ2) is 4.64. The molecule has 2 N–H and O–H groups in total. The Labute approximate surface area is 109 Å². The first kappa shape index (κ1) is 12.9. The van der Waals surface area contributed by atoms with Crippen LogP contribution in [0.4, 0.5) is 14.5 Å². The summed E-state index contributed by atoms with van der Waals surface area (Å²) in [5.41, 5.74) is -0.177. The number of benzene rings is 1. The van der Waals surface area contributed by atoms with E-state index < -0.39 is 35.3 Å². The number of aliphatic carboxylic acids is 1. The first-order chi connectivity index (χ1) is 8.40. The number of amides is 1. The Morgan fingerprint density at radius 2 is 1.94 bits per heavy atom. The summed E-state index contributed by atoms with van der Waals surface area (Å²) in [5.74, 6) is -4.66. The maximum atomic E-state index is 13.3. The highest BCUT2D eigenvalue weighted by Gasteiger charge is 2.48. The molecule has 1 aliphatic carbocycles. The van der Waals surface area contributed by atoms with E-state index in [0.29, 0.717) is 6.07 Å². The van der Waals surface area contributed by atoms with E-state index in [-0.39, 0.29) is 16.6 Å². The van der Waals surface area contributed by atoms with Crippen molar-refractivity contribution >= 4 is 33.5 Å². The monoisotopic (exact) mass is 319 g/mol. The van der Waals surface area contributed by atoms with Gasteiger partial charge in [0.05, 0.1) is 22.0 Å². The quantitative estimate of drug-likeness (QED) is 0.841. The minimum absolute atomic E-state index is 0.0183. The molecule has 0 bridgehead atoms. The zero-order valence-corrected chi connectivity index (χ0v) is 10.5. The van der Waals surface area contributed by atoms with E-state index >= 15 is 0 Å². The van der Waals surface area contributed by atoms with Gasteiger partial charge in [0.1, 0.15) is 11.6 Å². The zero-order valence-electron chi connectivity index (χ0n) is 8.91. The van der Waals surface area contributed by atoms with E-state index in [1.165, 1.54) is 0 Å². The van der Waals surface area contributed by atoms with Crippen molar-refractivity contribution < 1.29 is 23.5 Å². The zero-order chi connectivity index (χ0) is 13.4. The third-order valence-corrected chi connectivity index (χ3v) is 3.32. The van der Waals surface area contributed by atoms with Crippen LogP contribution in [-0.4, -0.2) is 17.0 Å². The molecule has 0 heterocycles. The molecule has 0 aliphatic heterocycles. The highest BCUT2D eigenvalue weighted by atomic mass is 79.9. The van der Waals surface area contributed by atoms with Gasteiger partial charge in [0.25, 0.3) is 0 Å². The molecule has 0 radical (unpaired) electrons. The van der Waals surface area contributed by atoms with E-state index in [1.807, 2.05) is 0 Å². The van der Waals surface area contributed by atoms with Crippen molar-refractivity contribution in [1.82, 2.24) is 0 Å². The van der Waals surface area contributed by atoms with Gasteiger partial charge in [-0.1, -0.05) is 0 Å². The Balaban J connectivity index is 2.09. The smallest absolute Gasteiger partial charge is 0.307 e. The lowest BCUT2D eigenvalue weighted by Crippen LogP contribution is -2.17. The second-order valence-corrected chi connectivity index (χ2v) is 4.88. The van der Waals surface area contributed by atoms with Crippen molar-refractivity contribution in [2.75, 3.05) is 5.32 Å². The van der Waals surface area contributed by atoms with E-state index in [0.717, 1.165) is 6.07 Å². The maximum absolute atomic E-state index is 13.3. The normalized spacial score (nSPS) is 21.5. The minimum atomic E-state index is -1.05. The highest BCUT2D eigenvalue weighted by molar-refractivity contribution is 9.10. The van der Waals surface area contributed by atoms with Crippen LogP contribution in [0.1, 0.15) is 6.42 Å². The average Bonchev–Trinajstić information content (AvgIpc) is 3.05. The molecule has 1 saturated carbocycles. The number of nitrogens with one attached hydrogen (secondary N) is 1. The van der Waals surface area contributed by atoms with Crippen LogP contribution in [-0.2, 0) is 9.59 Å². The number of anilines is 1. The molecule has 2 unspecified atom stereocenters. The van der Waals surface area contributed by atoms with Crippen LogP contribution in [0, 0.1) is 23.5 Å². The molecule has 0 saturated heterocycles. The molecule has 7 heteroatoms. The van der Waals surface area contributed by atoms with Gasteiger partial charge >= 0.3 is 5.97 Å². The van der Waals surface area contributed by atoms with Gasteiger partial charge in [0.2, 0.25) is 5.91 Å². The molecule has 96 valence electrons. The first-order valence-corrected chi connectivity index (χ1v) is 5.87. The van der Waals surface area contributed by atoms with Crippen LogP contribution in [0.25, 0.3) is 0 Å². The van der Waals surface area contributed by atoms with Crippen molar-refractivity contribution in [1.29, 1.82) is 0 Å². The fraction of sp³-hybridized carbons (Fsp3) is 0.273. The lowest BCUT2D eigenvalue weighted by Gasteiger charge is -2.07. The van der Waals surface area contributed by atoms with Gasteiger partial charge in [-0.2, -0.15) is 0 Å². The fourth-order valence-corrected chi connectivity index (χ4v) is 1.94. The molecule has 1 aliphatic rings. The van der Waals surface area contributed by atoms with Crippen LogP contribution in [0.15, 0.2) is 16.6 Å². The summed E-state index contributed by atoms with van der Waals surface area (Å²) in [6, 6.07) is 1.74. The van der Waals surface area contributed by atoms with Gasteiger partial charge in [-0.3, -0.25) is 9.59 Å². The van der Waals surface area contributed by atoms with Crippen molar-refractivity contribution in [3.63, 3.8) is 0 Å².